The quantitative estimate of drug-likeness (QED) is 0.345. The minimum absolute atomic E-state index is 1.24. The lowest BCUT2D eigenvalue weighted by molar-refractivity contribution is 1.52. The Morgan fingerprint density at radius 1 is 0.500 bits per heavy atom. The smallest absolute Gasteiger partial charge is 0.0172 e. The lowest BCUT2D eigenvalue weighted by Crippen LogP contribution is -1.87. The van der Waals surface area contributed by atoms with Crippen LogP contribution in [0, 0.1) is 0 Å². The van der Waals surface area contributed by atoms with Gasteiger partial charge >= 0.3 is 0 Å². The first-order chi connectivity index (χ1) is 13.7. The van der Waals surface area contributed by atoms with Crippen molar-refractivity contribution >= 4 is 5.57 Å². The minimum Gasteiger partial charge on any atom is -0.0841 e. The van der Waals surface area contributed by atoms with Gasteiger partial charge in [-0.2, -0.15) is 0 Å². The van der Waals surface area contributed by atoms with E-state index in [0.29, 0.717) is 0 Å². The lowest BCUT2D eigenvalue weighted by Gasteiger charge is -2.12. The fraction of sp³-hybridized carbons (Fsp3) is 0.0714. The molecule has 0 aliphatic heterocycles. The summed E-state index contributed by atoms with van der Waals surface area (Å²) in [6.07, 6.45) is 2.15. The fourth-order valence-corrected chi connectivity index (χ4v) is 3.48. The average molecular weight is 361 g/mol. The molecule has 0 N–H and O–H groups in total. The summed E-state index contributed by atoms with van der Waals surface area (Å²) in [6.45, 7) is 4.23. The van der Waals surface area contributed by atoms with Crippen molar-refractivity contribution in [1.29, 1.82) is 0 Å². The Morgan fingerprint density at radius 2 is 0.893 bits per heavy atom. The molecular formula is C28H24. The van der Waals surface area contributed by atoms with Gasteiger partial charge in [-0.05, 0) is 76.6 Å². The van der Waals surface area contributed by atoms with Crippen LogP contribution in [0.4, 0.5) is 0 Å². The fourth-order valence-electron chi connectivity index (χ4n) is 3.48. The highest BCUT2D eigenvalue weighted by atomic mass is 14.1. The van der Waals surface area contributed by atoms with E-state index in [0.717, 1.165) is 0 Å². The molecule has 4 rings (SSSR count). The van der Waals surface area contributed by atoms with Gasteiger partial charge in [-0.25, -0.2) is 0 Å². The Bertz CT molecular complexity index is 1030. The van der Waals surface area contributed by atoms with Crippen LogP contribution in [0.3, 0.4) is 0 Å². The van der Waals surface area contributed by atoms with Crippen LogP contribution in [0.1, 0.15) is 19.4 Å². The molecule has 4 aromatic carbocycles. The van der Waals surface area contributed by atoms with E-state index in [1.165, 1.54) is 44.5 Å². The highest BCUT2D eigenvalue weighted by molar-refractivity contribution is 5.81. The standard InChI is InChI=1S/C28H24/c1-3-21(2)22-14-16-25(17-15-22)28-19-26(23-10-6-4-7-11-23)18-27(20-28)24-12-8-5-9-13-24/h3-20H,1-2H3. The zero-order chi connectivity index (χ0) is 19.3. The third-order valence-electron chi connectivity index (χ3n) is 5.25. The van der Waals surface area contributed by atoms with Gasteiger partial charge in [-0.3, -0.25) is 0 Å². The zero-order valence-electron chi connectivity index (χ0n) is 16.4. The van der Waals surface area contributed by atoms with Crippen molar-refractivity contribution < 1.29 is 0 Å². The third-order valence-corrected chi connectivity index (χ3v) is 5.25. The van der Waals surface area contributed by atoms with Crippen molar-refractivity contribution in [3.63, 3.8) is 0 Å². The van der Waals surface area contributed by atoms with Gasteiger partial charge in [-0.1, -0.05) is 91.0 Å². The summed E-state index contributed by atoms with van der Waals surface area (Å²) in [5.74, 6) is 0. The number of hydrogen-bond donors (Lipinski definition) is 0. The summed E-state index contributed by atoms with van der Waals surface area (Å²) in [5.41, 5.74) is 10.0. The van der Waals surface area contributed by atoms with Gasteiger partial charge in [-0.15, -0.1) is 0 Å². The van der Waals surface area contributed by atoms with Crippen LogP contribution in [0.15, 0.2) is 109 Å². The van der Waals surface area contributed by atoms with E-state index in [1.54, 1.807) is 0 Å². The van der Waals surface area contributed by atoms with E-state index in [4.69, 9.17) is 0 Å². The van der Waals surface area contributed by atoms with Crippen molar-refractivity contribution in [2.75, 3.05) is 0 Å². The first kappa shape index (κ1) is 18.0. The molecule has 0 fully saturated rings. The largest absolute Gasteiger partial charge is 0.0841 e. The topological polar surface area (TPSA) is 0 Å². The molecule has 0 heterocycles. The summed E-state index contributed by atoms with van der Waals surface area (Å²) in [4.78, 5) is 0. The van der Waals surface area contributed by atoms with Gasteiger partial charge < -0.3 is 0 Å². The van der Waals surface area contributed by atoms with E-state index < -0.39 is 0 Å². The number of allylic oxidation sites excluding steroid dienone is 2. The van der Waals surface area contributed by atoms with Crippen molar-refractivity contribution in [3.8, 4) is 33.4 Å². The summed E-state index contributed by atoms with van der Waals surface area (Å²) in [6, 6.07) is 36.9. The lowest BCUT2D eigenvalue weighted by atomic mass is 9.93. The van der Waals surface area contributed by atoms with Crippen LogP contribution in [0.25, 0.3) is 39.0 Å². The third kappa shape index (κ3) is 3.82. The second kappa shape index (κ2) is 8.10. The Balaban J connectivity index is 1.84. The average Bonchev–Trinajstić information content (AvgIpc) is 2.79. The summed E-state index contributed by atoms with van der Waals surface area (Å²) < 4.78 is 0. The number of hydrogen-bond acceptors (Lipinski definition) is 0. The Morgan fingerprint density at radius 3 is 1.29 bits per heavy atom. The monoisotopic (exact) mass is 360 g/mol. The molecule has 0 amide bonds. The van der Waals surface area contributed by atoms with Gasteiger partial charge in [0.1, 0.15) is 0 Å². The maximum Gasteiger partial charge on any atom is -0.0172 e. The van der Waals surface area contributed by atoms with E-state index in [1.807, 2.05) is 0 Å². The van der Waals surface area contributed by atoms with Crippen molar-refractivity contribution in [2.45, 2.75) is 13.8 Å². The van der Waals surface area contributed by atoms with Gasteiger partial charge in [0, 0.05) is 0 Å². The molecule has 0 saturated heterocycles. The molecule has 0 nitrogen and oxygen atoms in total. The number of benzene rings is 4. The normalized spacial score (nSPS) is 11.4. The molecule has 0 radical (unpaired) electrons. The zero-order valence-corrected chi connectivity index (χ0v) is 16.4. The van der Waals surface area contributed by atoms with Crippen LogP contribution < -0.4 is 0 Å². The molecule has 136 valence electrons. The first-order valence-electron chi connectivity index (χ1n) is 9.74. The predicted octanol–water partition coefficient (Wildman–Crippen LogP) is 8.11. The van der Waals surface area contributed by atoms with Crippen molar-refractivity contribution in [2.24, 2.45) is 0 Å². The van der Waals surface area contributed by atoms with E-state index in [-0.39, 0.29) is 0 Å². The van der Waals surface area contributed by atoms with E-state index >= 15 is 0 Å². The van der Waals surface area contributed by atoms with Crippen LogP contribution >= 0.6 is 0 Å². The molecule has 0 aromatic heterocycles. The Kier molecular flexibility index (Phi) is 5.21. The molecule has 0 aliphatic carbocycles. The summed E-state index contributed by atoms with van der Waals surface area (Å²) in [7, 11) is 0. The molecule has 4 aromatic rings. The molecule has 0 unspecified atom stereocenters. The van der Waals surface area contributed by atoms with Crippen molar-refractivity contribution in [3.05, 3.63) is 115 Å². The molecule has 0 bridgehead atoms. The molecule has 0 spiro atoms. The molecule has 0 saturated carbocycles. The minimum atomic E-state index is 1.24. The second-order valence-corrected chi connectivity index (χ2v) is 7.08. The molecule has 0 aliphatic rings. The van der Waals surface area contributed by atoms with Crippen LogP contribution in [0.5, 0.6) is 0 Å². The van der Waals surface area contributed by atoms with Crippen LogP contribution in [-0.2, 0) is 0 Å². The van der Waals surface area contributed by atoms with E-state index in [9.17, 15) is 0 Å². The predicted molar refractivity (Wildman–Crippen MR) is 122 cm³/mol. The number of rotatable bonds is 4. The highest BCUT2D eigenvalue weighted by Gasteiger charge is 2.07. The molecule has 28 heavy (non-hydrogen) atoms. The molecular weight excluding hydrogens is 336 g/mol. The highest BCUT2D eigenvalue weighted by Crippen LogP contribution is 2.33. The van der Waals surface area contributed by atoms with E-state index in [2.05, 4.69) is 123 Å². The van der Waals surface area contributed by atoms with Gasteiger partial charge in [0.25, 0.3) is 0 Å². The van der Waals surface area contributed by atoms with Crippen molar-refractivity contribution in [1.82, 2.24) is 0 Å². The second-order valence-electron chi connectivity index (χ2n) is 7.08. The van der Waals surface area contributed by atoms with Gasteiger partial charge in [0.2, 0.25) is 0 Å². The first-order valence-corrected chi connectivity index (χ1v) is 9.74. The van der Waals surface area contributed by atoms with Gasteiger partial charge in [0.05, 0.1) is 0 Å². The molecule has 0 atom stereocenters. The Hall–Kier alpha value is -3.38. The van der Waals surface area contributed by atoms with Crippen LogP contribution in [-0.4, -0.2) is 0 Å². The summed E-state index contributed by atoms with van der Waals surface area (Å²) in [5, 5.41) is 0. The maximum atomic E-state index is 2.29. The van der Waals surface area contributed by atoms with Crippen LogP contribution in [0.2, 0.25) is 0 Å². The summed E-state index contributed by atoms with van der Waals surface area (Å²) >= 11 is 0. The Labute approximate surface area is 167 Å². The maximum absolute atomic E-state index is 2.29. The SMILES string of the molecule is CC=C(C)c1ccc(-c2cc(-c3ccccc3)cc(-c3ccccc3)c2)cc1. The van der Waals surface area contributed by atoms with Gasteiger partial charge in [0.15, 0.2) is 0 Å². The molecule has 0 heteroatoms.